The number of ether oxygens (including phenoxy) is 2. The summed E-state index contributed by atoms with van der Waals surface area (Å²) in [5, 5.41) is 17.8. The molecule has 3 amide bonds. The number of amidine groups is 1. The molecule has 1 aliphatic rings. The number of amides is 3. The average molecular weight is 514 g/mol. The Kier molecular flexibility index (Phi) is 10.1. The fourth-order valence-electron chi connectivity index (χ4n) is 3.58. The maximum Gasteiger partial charge on any atom is 0.300 e. The lowest BCUT2D eigenvalue weighted by atomic mass is 10.1. The van der Waals surface area contributed by atoms with Gasteiger partial charge in [0.2, 0.25) is 6.23 Å². The van der Waals surface area contributed by atoms with E-state index in [0.717, 1.165) is 18.1 Å². The Bertz CT molecular complexity index is 1190. The number of rotatable bonds is 10. The van der Waals surface area contributed by atoms with E-state index < -0.39 is 24.0 Å². The number of carboxylic acids is 1. The van der Waals surface area contributed by atoms with Crippen molar-refractivity contribution >= 4 is 29.5 Å². The van der Waals surface area contributed by atoms with Crippen molar-refractivity contribution < 1.29 is 33.8 Å². The monoisotopic (exact) mass is 513 g/mol. The van der Waals surface area contributed by atoms with E-state index in [1.165, 1.54) is 11.0 Å². The summed E-state index contributed by atoms with van der Waals surface area (Å²) >= 11 is 0. The van der Waals surface area contributed by atoms with Gasteiger partial charge in [0.1, 0.15) is 11.6 Å². The summed E-state index contributed by atoms with van der Waals surface area (Å²) in [6.45, 7) is 4.92. The van der Waals surface area contributed by atoms with Crippen LogP contribution in [0, 0.1) is 12.3 Å². The molecular weight excluding hydrogens is 482 g/mol. The van der Waals surface area contributed by atoms with Crippen LogP contribution in [0.2, 0.25) is 0 Å². The predicted octanol–water partition coefficient (Wildman–Crippen LogP) is 0.869. The standard InChI is InChI=1S/C23H27N5O5.C2H4O2/c1-3-32-23(28-11-17-13(2)5-4-6-16(17)22(28)31)21(30)27-10-15-8-7-14(20(25)26)9-18(15)33-12-19(24)29;1-2(3)4/h4-9,23H,3,10-12H2,1-2H3,(H2,24,29)(H3,25,26)(H,27,30);1H3,(H,3,4). The van der Waals surface area contributed by atoms with Crippen LogP contribution in [0.3, 0.4) is 0 Å². The van der Waals surface area contributed by atoms with Crippen LogP contribution in [0.15, 0.2) is 36.4 Å². The molecule has 0 bridgehead atoms. The third-order valence-corrected chi connectivity index (χ3v) is 5.26. The topological polar surface area (TPSA) is 198 Å². The van der Waals surface area contributed by atoms with Gasteiger partial charge in [-0.15, -0.1) is 0 Å². The molecule has 0 radical (unpaired) electrons. The highest BCUT2D eigenvalue weighted by atomic mass is 16.5. The van der Waals surface area contributed by atoms with Crippen molar-refractivity contribution in [2.45, 2.75) is 40.1 Å². The number of carbonyl (C=O) groups excluding carboxylic acids is 3. The smallest absolute Gasteiger partial charge is 0.300 e. The lowest BCUT2D eigenvalue weighted by Gasteiger charge is -2.26. The van der Waals surface area contributed by atoms with Gasteiger partial charge in [-0.05, 0) is 37.1 Å². The van der Waals surface area contributed by atoms with Crippen LogP contribution >= 0.6 is 0 Å². The van der Waals surface area contributed by atoms with Crippen LogP contribution in [-0.2, 0) is 32.2 Å². The molecule has 0 aliphatic carbocycles. The van der Waals surface area contributed by atoms with Crippen molar-refractivity contribution in [3.05, 3.63) is 64.2 Å². The van der Waals surface area contributed by atoms with Crippen LogP contribution in [0.4, 0.5) is 0 Å². The number of fused-ring (bicyclic) bond motifs is 1. The Morgan fingerprint density at radius 2 is 1.89 bits per heavy atom. The van der Waals surface area contributed by atoms with Crippen LogP contribution in [0.5, 0.6) is 5.75 Å². The highest BCUT2D eigenvalue weighted by Gasteiger charge is 2.37. The number of nitrogen functional groups attached to an aromatic ring is 1. The molecule has 0 saturated carbocycles. The van der Waals surface area contributed by atoms with Gasteiger partial charge in [-0.25, -0.2) is 0 Å². The Morgan fingerprint density at radius 3 is 2.46 bits per heavy atom. The van der Waals surface area contributed by atoms with Gasteiger partial charge in [-0.2, -0.15) is 0 Å². The first kappa shape index (κ1) is 28.8. The molecule has 0 fully saturated rings. The molecule has 2 aromatic carbocycles. The number of aliphatic carboxylic acids is 1. The van der Waals surface area contributed by atoms with E-state index in [1.807, 2.05) is 19.1 Å². The number of carboxylic acid groups (broad SMARTS) is 1. The van der Waals surface area contributed by atoms with Gasteiger partial charge in [0, 0.05) is 36.8 Å². The average Bonchev–Trinajstić information content (AvgIpc) is 3.16. The summed E-state index contributed by atoms with van der Waals surface area (Å²) in [6.07, 6.45) is -1.11. The lowest BCUT2D eigenvalue weighted by Crippen LogP contribution is -2.48. The minimum Gasteiger partial charge on any atom is -0.483 e. The van der Waals surface area contributed by atoms with E-state index in [2.05, 4.69) is 5.32 Å². The first-order valence-electron chi connectivity index (χ1n) is 11.3. The van der Waals surface area contributed by atoms with Gasteiger partial charge >= 0.3 is 0 Å². The van der Waals surface area contributed by atoms with Crippen LogP contribution in [0.1, 0.15) is 46.5 Å². The molecule has 12 heteroatoms. The van der Waals surface area contributed by atoms with Gasteiger partial charge in [-0.1, -0.05) is 24.3 Å². The zero-order chi connectivity index (χ0) is 27.7. The Balaban J connectivity index is 0.00000112. The quantitative estimate of drug-likeness (QED) is 0.228. The van der Waals surface area contributed by atoms with Crippen molar-refractivity contribution in [2.75, 3.05) is 13.2 Å². The van der Waals surface area contributed by atoms with E-state index >= 15 is 0 Å². The summed E-state index contributed by atoms with van der Waals surface area (Å²) < 4.78 is 11.1. The third-order valence-electron chi connectivity index (χ3n) is 5.26. The molecule has 7 N–H and O–H groups in total. The normalized spacial score (nSPS) is 12.6. The fraction of sp³-hybridized carbons (Fsp3) is 0.320. The van der Waals surface area contributed by atoms with Crippen molar-refractivity contribution in [3.63, 3.8) is 0 Å². The molecule has 12 nitrogen and oxygen atoms in total. The summed E-state index contributed by atoms with van der Waals surface area (Å²) in [5.74, 6) is -2.17. The van der Waals surface area contributed by atoms with E-state index in [-0.39, 0.29) is 43.8 Å². The van der Waals surface area contributed by atoms with E-state index in [0.29, 0.717) is 16.7 Å². The minimum absolute atomic E-state index is 0.0305. The molecule has 0 aromatic heterocycles. The molecule has 1 heterocycles. The van der Waals surface area contributed by atoms with Crippen molar-refractivity contribution in [1.82, 2.24) is 10.2 Å². The first-order valence-corrected chi connectivity index (χ1v) is 11.3. The zero-order valence-corrected chi connectivity index (χ0v) is 20.9. The Morgan fingerprint density at radius 1 is 1.22 bits per heavy atom. The van der Waals surface area contributed by atoms with Crippen molar-refractivity contribution in [3.8, 4) is 5.75 Å². The van der Waals surface area contributed by atoms with E-state index in [1.54, 1.807) is 25.1 Å². The Hall–Kier alpha value is -4.45. The second-order valence-electron chi connectivity index (χ2n) is 8.07. The molecular formula is C25H31N5O7. The number of carbonyl (C=O) groups is 4. The van der Waals surface area contributed by atoms with E-state index in [4.69, 9.17) is 36.3 Å². The van der Waals surface area contributed by atoms with Crippen LogP contribution in [-0.4, -0.2) is 59.0 Å². The second kappa shape index (κ2) is 13.0. The summed E-state index contributed by atoms with van der Waals surface area (Å²) in [7, 11) is 0. The van der Waals surface area contributed by atoms with Gasteiger partial charge in [0.25, 0.3) is 23.7 Å². The summed E-state index contributed by atoms with van der Waals surface area (Å²) in [6, 6.07) is 10.2. The zero-order valence-electron chi connectivity index (χ0n) is 20.9. The highest BCUT2D eigenvalue weighted by Crippen LogP contribution is 2.28. The van der Waals surface area contributed by atoms with Crippen LogP contribution in [0.25, 0.3) is 0 Å². The predicted molar refractivity (Wildman–Crippen MR) is 134 cm³/mol. The molecule has 0 spiro atoms. The van der Waals surface area contributed by atoms with Crippen molar-refractivity contribution in [1.29, 1.82) is 5.41 Å². The number of benzene rings is 2. The minimum atomic E-state index is -1.11. The molecule has 37 heavy (non-hydrogen) atoms. The summed E-state index contributed by atoms with van der Waals surface area (Å²) in [4.78, 5) is 47.5. The van der Waals surface area contributed by atoms with E-state index in [9.17, 15) is 14.4 Å². The van der Waals surface area contributed by atoms with Gasteiger partial charge in [0.15, 0.2) is 6.61 Å². The molecule has 1 unspecified atom stereocenters. The number of aryl methyl sites for hydroxylation is 1. The second-order valence-corrected chi connectivity index (χ2v) is 8.07. The molecule has 1 atom stereocenters. The maximum absolute atomic E-state index is 13.0. The first-order chi connectivity index (χ1) is 17.5. The van der Waals surface area contributed by atoms with Crippen LogP contribution < -0.4 is 21.5 Å². The number of hydrogen-bond acceptors (Lipinski definition) is 7. The number of hydrogen-bond donors (Lipinski definition) is 5. The van der Waals surface area contributed by atoms with Gasteiger partial charge in [-0.3, -0.25) is 24.6 Å². The molecule has 2 aromatic rings. The fourth-order valence-corrected chi connectivity index (χ4v) is 3.58. The SMILES string of the molecule is CC(=O)O.CCOC(C(=O)NCc1ccc(C(=N)N)cc1OCC(N)=O)N1Cc2c(C)cccc2C1=O. The number of primary amides is 1. The van der Waals surface area contributed by atoms with Gasteiger partial charge < -0.3 is 36.3 Å². The number of nitrogens with zero attached hydrogens (tertiary/aromatic N) is 1. The summed E-state index contributed by atoms with van der Waals surface area (Å²) in [5.41, 5.74) is 14.0. The molecule has 0 saturated heterocycles. The van der Waals surface area contributed by atoms with Crippen molar-refractivity contribution in [2.24, 2.45) is 11.5 Å². The molecule has 3 rings (SSSR count). The molecule has 198 valence electrons. The van der Waals surface area contributed by atoms with Gasteiger partial charge in [0.05, 0.1) is 6.54 Å². The Labute approximate surface area is 214 Å². The highest BCUT2D eigenvalue weighted by molar-refractivity contribution is 6.01. The number of nitrogens with one attached hydrogen (secondary N) is 2. The lowest BCUT2D eigenvalue weighted by molar-refractivity contribution is -0.143. The number of nitrogens with two attached hydrogens (primary N) is 2. The largest absolute Gasteiger partial charge is 0.483 e. The maximum atomic E-state index is 13.0. The molecule has 1 aliphatic heterocycles. The third kappa shape index (κ3) is 7.77.